The number of esters is 1. The summed E-state index contributed by atoms with van der Waals surface area (Å²) in [6.45, 7) is 0.0346. The van der Waals surface area contributed by atoms with Gasteiger partial charge in [-0.15, -0.1) is 0 Å². The van der Waals surface area contributed by atoms with Gasteiger partial charge in [-0.25, -0.2) is 4.39 Å². The Morgan fingerprint density at radius 3 is 2.88 bits per heavy atom. The molecule has 7 heteroatoms. The molecule has 1 saturated heterocycles. The van der Waals surface area contributed by atoms with E-state index in [-0.39, 0.29) is 30.2 Å². The van der Waals surface area contributed by atoms with E-state index >= 15 is 0 Å². The number of likely N-dealkylation sites (tertiary alicyclic amines) is 1. The predicted octanol–water partition coefficient (Wildman–Crippen LogP) is 3.22. The number of hydrogen-bond acceptors (Lipinski definition) is 4. The van der Waals surface area contributed by atoms with E-state index in [1.807, 2.05) is 4.90 Å². The summed E-state index contributed by atoms with van der Waals surface area (Å²) in [5.41, 5.74) is 0.0477. The number of fused-ring (bicyclic) bond motifs is 1. The molecule has 0 aromatic heterocycles. The van der Waals surface area contributed by atoms with Crippen LogP contribution in [0.4, 0.5) is 10.1 Å². The number of halogens is 2. The van der Waals surface area contributed by atoms with Gasteiger partial charge in [-0.05, 0) is 43.4 Å². The lowest BCUT2D eigenvalue weighted by Gasteiger charge is -2.32. The summed E-state index contributed by atoms with van der Waals surface area (Å²) in [5, 5.41) is 2.90. The van der Waals surface area contributed by atoms with Gasteiger partial charge in [-0.2, -0.15) is 0 Å². The summed E-state index contributed by atoms with van der Waals surface area (Å²) in [5.74, 6) is -0.801. The van der Waals surface area contributed by atoms with Gasteiger partial charge in [0.1, 0.15) is 11.9 Å². The van der Waals surface area contributed by atoms with Crippen LogP contribution in [0.25, 0.3) is 0 Å². The SMILES string of the molecule is COC(=O)C1CC2CCCCC2N1CC(=O)Nc1cc(Cl)ccc1F. The van der Waals surface area contributed by atoms with Crippen LogP contribution in [0.5, 0.6) is 0 Å². The number of nitrogens with one attached hydrogen (secondary N) is 1. The van der Waals surface area contributed by atoms with Crippen molar-refractivity contribution in [1.29, 1.82) is 0 Å². The molecule has 3 rings (SSSR count). The van der Waals surface area contributed by atoms with Crippen molar-refractivity contribution in [3.05, 3.63) is 29.0 Å². The van der Waals surface area contributed by atoms with E-state index in [0.29, 0.717) is 10.9 Å². The molecule has 1 aromatic carbocycles. The van der Waals surface area contributed by atoms with Crippen molar-refractivity contribution < 1.29 is 18.7 Å². The standard InChI is InChI=1S/C18H22ClFN2O3/c1-25-18(24)16-8-11-4-2-3-5-15(11)22(16)10-17(23)21-14-9-12(19)6-7-13(14)20/h6-7,9,11,15-16H,2-5,8,10H2,1H3,(H,21,23). The molecule has 1 saturated carbocycles. The van der Waals surface area contributed by atoms with Crippen molar-refractivity contribution >= 4 is 29.2 Å². The van der Waals surface area contributed by atoms with Crippen molar-refractivity contribution in [2.24, 2.45) is 5.92 Å². The zero-order valence-corrected chi connectivity index (χ0v) is 14.9. The highest BCUT2D eigenvalue weighted by Crippen LogP contribution is 2.39. The molecule has 25 heavy (non-hydrogen) atoms. The Kier molecular flexibility index (Phi) is 5.59. The van der Waals surface area contributed by atoms with Gasteiger partial charge in [-0.3, -0.25) is 14.5 Å². The highest BCUT2D eigenvalue weighted by atomic mass is 35.5. The molecule has 1 aliphatic carbocycles. The first-order valence-corrected chi connectivity index (χ1v) is 8.96. The Balaban J connectivity index is 1.72. The lowest BCUT2D eigenvalue weighted by molar-refractivity contribution is -0.146. The van der Waals surface area contributed by atoms with Crippen molar-refractivity contribution in [1.82, 2.24) is 4.90 Å². The zero-order chi connectivity index (χ0) is 18.0. The van der Waals surface area contributed by atoms with Crippen LogP contribution in [0.3, 0.4) is 0 Å². The topological polar surface area (TPSA) is 58.6 Å². The van der Waals surface area contributed by atoms with E-state index in [0.717, 1.165) is 32.1 Å². The molecule has 2 fully saturated rings. The largest absolute Gasteiger partial charge is 0.468 e. The number of amides is 1. The number of benzene rings is 1. The fourth-order valence-corrected chi connectivity index (χ4v) is 4.27. The number of carbonyl (C=O) groups excluding carboxylic acids is 2. The molecule has 136 valence electrons. The monoisotopic (exact) mass is 368 g/mol. The van der Waals surface area contributed by atoms with E-state index < -0.39 is 11.9 Å². The maximum absolute atomic E-state index is 13.8. The van der Waals surface area contributed by atoms with E-state index in [9.17, 15) is 14.0 Å². The van der Waals surface area contributed by atoms with Gasteiger partial charge in [0, 0.05) is 11.1 Å². The van der Waals surface area contributed by atoms with E-state index in [1.54, 1.807) is 0 Å². The van der Waals surface area contributed by atoms with Crippen molar-refractivity contribution in [3.63, 3.8) is 0 Å². The summed E-state index contributed by atoms with van der Waals surface area (Å²) < 4.78 is 18.7. The third-order valence-electron chi connectivity index (χ3n) is 5.22. The van der Waals surface area contributed by atoms with Crippen LogP contribution in [0.1, 0.15) is 32.1 Å². The molecule has 1 N–H and O–H groups in total. The normalized spacial score (nSPS) is 26.1. The predicted molar refractivity (Wildman–Crippen MR) is 92.9 cm³/mol. The van der Waals surface area contributed by atoms with Gasteiger partial charge in [0.2, 0.25) is 5.91 Å². The van der Waals surface area contributed by atoms with Crippen LogP contribution < -0.4 is 5.32 Å². The minimum absolute atomic E-state index is 0.0346. The number of ether oxygens (including phenoxy) is 1. The number of methoxy groups -OCH3 is 1. The van der Waals surface area contributed by atoms with Crippen molar-refractivity contribution in [2.45, 2.75) is 44.2 Å². The summed E-state index contributed by atoms with van der Waals surface area (Å²) in [6, 6.07) is 3.80. The molecule has 0 spiro atoms. The lowest BCUT2D eigenvalue weighted by atomic mass is 9.85. The van der Waals surface area contributed by atoms with Gasteiger partial charge in [0.15, 0.2) is 0 Å². The minimum Gasteiger partial charge on any atom is -0.468 e. The van der Waals surface area contributed by atoms with Gasteiger partial charge in [-0.1, -0.05) is 24.4 Å². The molecule has 0 radical (unpaired) electrons. The second-order valence-corrected chi connectivity index (χ2v) is 7.17. The van der Waals surface area contributed by atoms with Crippen LogP contribution in [-0.4, -0.2) is 42.5 Å². The Morgan fingerprint density at radius 1 is 1.36 bits per heavy atom. The van der Waals surface area contributed by atoms with Crippen molar-refractivity contribution in [2.75, 3.05) is 19.0 Å². The highest BCUT2D eigenvalue weighted by Gasteiger charge is 2.46. The first kappa shape index (κ1) is 18.1. The molecule has 1 amide bonds. The molecule has 1 heterocycles. The van der Waals surface area contributed by atoms with Crippen LogP contribution in [-0.2, 0) is 14.3 Å². The third-order valence-corrected chi connectivity index (χ3v) is 5.46. The minimum atomic E-state index is -0.542. The molecular weight excluding hydrogens is 347 g/mol. The molecular formula is C18H22ClFN2O3. The summed E-state index contributed by atoms with van der Waals surface area (Å²) in [7, 11) is 1.36. The summed E-state index contributed by atoms with van der Waals surface area (Å²) in [6.07, 6.45) is 5.01. The third kappa shape index (κ3) is 3.96. The smallest absolute Gasteiger partial charge is 0.323 e. The van der Waals surface area contributed by atoms with Crippen LogP contribution in [0.15, 0.2) is 18.2 Å². The van der Waals surface area contributed by atoms with Gasteiger partial charge >= 0.3 is 5.97 Å². The van der Waals surface area contributed by atoms with E-state index in [4.69, 9.17) is 16.3 Å². The van der Waals surface area contributed by atoms with Crippen LogP contribution >= 0.6 is 11.6 Å². The molecule has 0 bridgehead atoms. The molecule has 1 aromatic rings. The number of anilines is 1. The average molecular weight is 369 g/mol. The summed E-state index contributed by atoms with van der Waals surface area (Å²) >= 11 is 5.86. The molecule has 5 nitrogen and oxygen atoms in total. The Labute approximate surface area is 151 Å². The van der Waals surface area contributed by atoms with Gasteiger partial charge in [0.05, 0.1) is 19.3 Å². The van der Waals surface area contributed by atoms with Crippen LogP contribution in [0.2, 0.25) is 5.02 Å². The fraction of sp³-hybridized carbons (Fsp3) is 0.556. The van der Waals surface area contributed by atoms with Crippen molar-refractivity contribution in [3.8, 4) is 0 Å². The summed E-state index contributed by atoms with van der Waals surface area (Å²) in [4.78, 5) is 26.5. The van der Waals surface area contributed by atoms with E-state index in [2.05, 4.69) is 5.32 Å². The molecule has 3 atom stereocenters. The maximum atomic E-state index is 13.8. The molecule has 2 aliphatic rings. The van der Waals surface area contributed by atoms with Gasteiger partial charge in [0.25, 0.3) is 0 Å². The Bertz CT molecular complexity index is 670. The zero-order valence-electron chi connectivity index (χ0n) is 14.1. The van der Waals surface area contributed by atoms with E-state index in [1.165, 1.54) is 25.3 Å². The first-order valence-electron chi connectivity index (χ1n) is 8.58. The first-order chi connectivity index (χ1) is 12.0. The Morgan fingerprint density at radius 2 is 2.12 bits per heavy atom. The maximum Gasteiger partial charge on any atom is 0.323 e. The fourth-order valence-electron chi connectivity index (χ4n) is 4.10. The number of nitrogens with zero attached hydrogens (tertiary/aromatic N) is 1. The quantitative estimate of drug-likeness (QED) is 0.829. The lowest BCUT2D eigenvalue weighted by Crippen LogP contribution is -2.46. The number of hydrogen-bond donors (Lipinski definition) is 1. The van der Waals surface area contributed by atoms with Gasteiger partial charge < -0.3 is 10.1 Å². The molecule has 1 aliphatic heterocycles. The second-order valence-electron chi connectivity index (χ2n) is 6.73. The Hall–Kier alpha value is -1.66. The number of rotatable bonds is 4. The molecule has 3 unspecified atom stereocenters. The highest BCUT2D eigenvalue weighted by molar-refractivity contribution is 6.30. The average Bonchev–Trinajstić information content (AvgIpc) is 2.96. The van der Waals surface area contributed by atoms with Crippen LogP contribution in [0, 0.1) is 11.7 Å². The number of carbonyl (C=O) groups is 2. The second kappa shape index (κ2) is 7.70.